The molecule has 0 radical (unpaired) electrons. The molecule has 1 unspecified atom stereocenters. The number of benzene rings is 4. The topological polar surface area (TPSA) is 118 Å². The molecule has 1 amide bonds. The van der Waals surface area contributed by atoms with Crippen molar-refractivity contribution < 1.29 is 9.90 Å². The van der Waals surface area contributed by atoms with E-state index in [-0.39, 0.29) is 5.91 Å². The van der Waals surface area contributed by atoms with E-state index in [1.165, 1.54) is 0 Å². The van der Waals surface area contributed by atoms with Crippen LogP contribution >= 0.6 is 0 Å². The highest BCUT2D eigenvalue weighted by Crippen LogP contribution is 2.33. The zero-order valence-corrected chi connectivity index (χ0v) is 24.5. The number of carbonyl (C=O) groups is 1. The van der Waals surface area contributed by atoms with Crippen molar-refractivity contribution in [2.45, 2.75) is 6.23 Å². The lowest BCUT2D eigenvalue weighted by Crippen LogP contribution is -2.17. The number of likely N-dealkylation sites (N-methyl/N-ethyl adjacent to an activating group) is 1. The Labute approximate surface area is 255 Å². The molecule has 220 valence electrons. The van der Waals surface area contributed by atoms with Crippen LogP contribution in [0.4, 0.5) is 23.0 Å². The molecule has 2 aromatic heterocycles. The van der Waals surface area contributed by atoms with Crippen LogP contribution in [0.15, 0.2) is 115 Å². The van der Waals surface area contributed by atoms with Gasteiger partial charge in [-0.05, 0) is 74.8 Å². The molecule has 0 aliphatic heterocycles. The van der Waals surface area contributed by atoms with Gasteiger partial charge in [0.2, 0.25) is 5.95 Å². The number of aromatic nitrogens is 3. The predicted octanol–water partition coefficient (Wildman–Crippen LogP) is 6.62. The molecule has 44 heavy (non-hydrogen) atoms. The smallest absolute Gasteiger partial charge is 0.255 e. The van der Waals surface area contributed by atoms with Crippen LogP contribution in [0.25, 0.3) is 33.1 Å². The normalized spacial score (nSPS) is 12.2. The second-order valence-corrected chi connectivity index (χ2v) is 10.7. The SMILES string of the molecule is CN(C)CC=CC(O)Nc1ccc(C(=O)Nc2cccc(Nc3nc(-c4c[nH]c5ccccc45)c4ccccc4n3)c2)cc1. The third-order valence-electron chi connectivity index (χ3n) is 7.07. The van der Waals surface area contributed by atoms with Crippen molar-refractivity contribution in [3.8, 4) is 11.3 Å². The molecule has 0 fully saturated rings. The van der Waals surface area contributed by atoms with Crippen molar-refractivity contribution in [1.82, 2.24) is 19.9 Å². The van der Waals surface area contributed by atoms with Crippen molar-refractivity contribution in [1.29, 1.82) is 0 Å². The summed E-state index contributed by atoms with van der Waals surface area (Å²) in [6.07, 6.45) is 4.73. The van der Waals surface area contributed by atoms with Crippen LogP contribution in [0.2, 0.25) is 0 Å². The van der Waals surface area contributed by atoms with E-state index in [1.54, 1.807) is 30.3 Å². The number of rotatable bonds is 10. The second kappa shape index (κ2) is 12.8. The Hall–Kier alpha value is -5.51. The molecule has 0 aliphatic carbocycles. The number of H-pyrrole nitrogens is 1. The zero-order valence-electron chi connectivity index (χ0n) is 24.5. The van der Waals surface area contributed by atoms with Crippen LogP contribution in [0.5, 0.6) is 0 Å². The molecular formula is C35H33N7O2. The summed E-state index contributed by atoms with van der Waals surface area (Å²) in [6, 6.07) is 30.5. The fourth-order valence-corrected chi connectivity index (χ4v) is 4.95. The largest absolute Gasteiger partial charge is 0.370 e. The van der Waals surface area contributed by atoms with Gasteiger partial charge in [0.15, 0.2) is 0 Å². The Morgan fingerprint density at radius 3 is 2.45 bits per heavy atom. The summed E-state index contributed by atoms with van der Waals surface area (Å²) in [5, 5.41) is 21.5. The average Bonchev–Trinajstić information content (AvgIpc) is 3.45. The molecule has 0 saturated carbocycles. The molecule has 0 aliphatic rings. The van der Waals surface area contributed by atoms with E-state index in [0.717, 1.165) is 45.3 Å². The first-order valence-electron chi connectivity index (χ1n) is 14.3. The number of carbonyl (C=O) groups excluding carboxylic acids is 1. The Morgan fingerprint density at radius 2 is 1.64 bits per heavy atom. The van der Waals surface area contributed by atoms with Crippen molar-refractivity contribution in [2.75, 3.05) is 36.6 Å². The number of nitrogens with zero attached hydrogens (tertiary/aromatic N) is 3. The lowest BCUT2D eigenvalue weighted by atomic mass is 10.1. The van der Waals surface area contributed by atoms with Crippen LogP contribution in [-0.4, -0.2) is 57.7 Å². The zero-order chi connectivity index (χ0) is 30.5. The second-order valence-electron chi connectivity index (χ2n) is 10.7. The van der Waals surface area contributed by atoms with Gasteiger partial charge in [0, 0.05) is 57.2 Å². The lowest BCUT2D eigenvalue weighted by Gasteiger charge is -2.13. The minimum absolute atomic E-state index is 0.247. The maximum atomic E-state index is 13.0. The average molecular weight is 584 g/mol. The van der Waals surface area contributed by atoms with E-state index in [2.05, 4.69) is 27.0 Å². The number of para-hydroxylation sites is 2. The molecule has 5 N–H and O–H groups in total. The predicted molar refractivity (Wildman–Crippen MR) is 178 cm³/mol. The Kier molecular flexibility index (Phi) is 8.31. The van der Waals surface area contributed by atoms with Crippen molar-refractivity contribution >= 4 is 50.7 Å². The molecule has 1 atom stereocenters. The maximum absolute atomic E-state index is 13.0. The Morgan fingerprint density at radius 1 is 0.886 bits per heavy atom. The summed E-state index contributed by atoms with van der Waals surface area (Å²) in [5.74, 6) is 0.206. The molecule has 0 saturated heterocycles. The number of hydrogen-bond donors (Lipinski definition) is 5. The summed E-state index contributed by atoms with van der Waals surface area (Å²) >= 11 is 0. The third-order valence-corrected chi connectivity index (χ3v) is 7.07. The van der Waals surface area contributed by atoms with E-state index < -0.39 is 6.23 Å². The van der Waals surface area contributed by atoms with Gasteiger partial charge >= 0.3 is 0 Å². The fourth-order valence-electron chi connectivity index (χ4n) is 4.95. The fraction of sp³-hybridized carbons (Fsp3) is 0.114. The van der Waals surface area contributed by atoms with Crippen LogP contribution in [0.3, 0.4) is 0 Å². The summed E-state index contributed by atoms with van der Waals surface area (Å²) in [5.41, 5.74) is 6.25. The monoisotopic (exact) mass is 583 g/mol. The number of aliphatic hydroxyl groups excluding tert-OH is 1. The van der Waals surface area contributed by atoms with Gasteiger partial charge in [-0.3, -0.25) is 4.79 Å². The van der Waals surface area contributed by atoms with Crippen LogP contribution in [0.1, 0.15) is 10.4 Å². The molecule has 2 heterocycles. The summed E-state index contributed by atoms with van der Waals surface area (Å²) in [7, 11) is 3.92. The first-order chi connectivity index (χ1) is 21.4. The maximum Gasteiger partial charge on any atom is 0.255 e. The van der Waals surface area contributed by atoms with E-state index in [4.69, 9.17) is 9.97 Å². The summed E-state index contributed by atoms with van der Waals surface area (Å²) < 4.78 is 0. The standard InChI is InChI=1S/C35H33N7O2/c1-42(2)20-8-15-32(43)37-24-18-16-23(17-19-24)34(44)38-25-9-7-10-26(21-25)39-35-40-31-14-6-4-12-28(31)33(41-35)29-22-36-30-13-5-3-11-27(29)30/h3-19,21-22,32,36-37,43H,20H2,1-2H3,(H,38,44)(H,39,40,41). The van der Waals surface area contributed by atoms with E-state index >= 15 is 0 Å². The van der Waals surface area contributed by atoms with Gasteiger partial charge in [-0.1, -0.05) is 48.5 Å². The number of hydrogen-bond acceptors (Lipinski definition) is 7. The van der Waals surface area contributed by atoms with E-state index in [1.807, 2.05) is 98.0 Å². The van der Waals surface area contributed by atoms with Gasteiger partial charge in [0.25, 0.3) is 5.91 Å². The first-order valence-corrected chi connectivity index (χ1v) is 14.3. The molecule has 9 nitrogen and oxygen atoms in total. The quantitative estimate of drug-likeness (QED) is 0.0908. The first kappa shape index (κ1) is 28.6. The molecule has 0 bridgehead atoms. The highest BCUT2D eigenvalue weighted by atomic mass is 16.3. The van der Waals surface area contributed by atoms with Crippen LogP contribution in [-0.2, 0) is 0 Å². The van der Waals surface area contributed by atoms with Gasteiger partial charge in [-0.15, -0.1) is 0 Å². The highest BCUT2D eigenvalue weighted by molar-refractivity contribution is 6.05. The number of aliphatic hydroxyl groups is 1. The van der Waals surface area contributed by atoms with Crippen molar-refractivity contribution in [3.63, 3.8) is 0 Å². The molecule has 6 rings (SSSR count). The van der Waals surface area contributed by atoms with Gasteiger partial charge in [-0.2, -0.15) is 0 Å². The van der Waals surface area contributed by atoms with Crippen molar-refractivity contribution in [2.24, 2.45) is 0 Å². The number of nitrogens with one attached hydrogen (secondary N) is 4. The lowest BCUT2D eigenvalue weighted by molar-refractivity contribution is 0.102. The van der Waals surface area contributed by atoms with Crippen molar-refractivity contribution in [3.05, 3.63) is 121 Å². The molecule has 6 aromatic rings. The minimum atomic E-state index is -0.824. The molecule has 9 heteroatoms. The van der Waals surface area contributed by atoms with Crippen LogP contribution < -0.4 is 16.0 Å². The Balaban J connectivity index is 1.17. The van der Waals surface area contributed by atoms with Crippen LogP contribution in [0, 0.1) is 0 Å². The van der Waals surface area contributed by atoms with Gasteiger partial charge < -0.3 is 30.9 Å². The molecular weight excluding hydrogens is 550 g/mol. The third kappa shape index (κ3) is 6.59. The molecule has 4 aromatic carbocycles. The number of aromatic amines is 1. The van der Waals surface area contributed by atoms with Gasteiger partial charge in [0.05, 0.1) is 11.2 Å². The van der Waals surface area contributed by atoms with E-state index in [9.17, 15) is 9.90 Å². The van der Waals surface area contributed by atoms with Gasteiger partial charge in [0.1, 0.15) is 6.23 Å². The highest BCUT2D eigenvalue weighted by Gasteiger charge is 2.14. The Bertz CT molecular complexity index is 1950. The summed E-state index contributed by atoms with van der Waals surface area (Å²) in [6.45, 7) is 0.732. The number of fused-ring (bicyclic) bond motifs is 2. The number of anilines is 4. The van der Waals surface area contributed by atoms with E-state index in [0.29, 0.717) is 22.9 Å². The minimum Gasteiger partial charge on any atom is -0.370 e. The summed E-state index contributed by atoms with van der Waals surface area (Å²) in [4.78, 5) is 28.0. The molecule has 0 spiro atoms. The van der Waals surface area contributed by atoms with Gasteiger partial charge in [-0.25, -0.2) is 9.97 Å². The number of amides is 1.